The van der Waals surface area contributed by atoms with Gasteiger partial charge < -0.3 is 5.32 Å². The Balaban J connectivity index is 2.83. The van der Waals surface area contributed by atoms with Crippen molar-refractivity contribution in [3.8, 4) is 0 Å². The zero-order valence-electron chi connectivity index (χ0n) is 12.9. The first-order valence-corrected chi connectivity index (χ1v) is 8.73. The van der Waals surface area contributed by atoms with E-state index in [4.69, 9.17) is 0 Å². The average Bonchev–Trinajstić information content (AvgIpc) is 2.38. The highest BCUT2D eigenvalue weighted by Crippen LogP contribution is 2.17. The van der Waals surface area contributed by atoms with Crippen LogP contribution in [0, 0.1) is 0 Å². The highest BCUT2D eigenvalue weighted by Gasteiger charge is 2.26. The summed E-state index contributed by atoms with van der Waals surface area (Å²) in [5, 5.41) is 3.07. The molecule has 2 N–H and O–H groups in total. The summed E-state index contributed by atoms with van der Waals surface area (Å²) in [6.07, 6.45) is 1.56. The first kappa shape index (κ1) is 17.1. The highest BCUT2D eigenvalue weighted by atomic mass is 32.2. The van der Waals surface area contributed by atoms with Crippen LogP contribution >= 0.6 is 0 Å². The molecule has 0 heterocycles. The lowest BCUT2D eigenvalue weighted by molar-refractivity contribution is 0.388. The van der Waals surface area contributed by atoms with E-state index >= 15 is 0 Å². The summed E-state index contributed by atoms with van der Waals surface area (Å²) in [5.41, 5.74) is 1.55. The molecule has 0 unspecified atom stereocenters. The van der Waals surface area contributed by atoms with Gasteiger partial charge in [-0.05, 0) is 37.9 Å². The van der Waals surface area contributed by atoms with E-state index < -0.39 is 10.0 Å². The summed E-state index contributed by atoms with van der Waals surface area (Å²) in [6, 6.07) is 7.68. The van der Waals surface area contributed by atoms with Crippen molar-refractivity contribution >= 4 is 10.0 Å². The van der Waals surface area contributed by atoms with Crippen LogP contribution in [-0.2, 0) is 22.3 Å². The van der Waals surface area contributed by atoms with E-state index in [0.29, 0.717) is 0 Å². The second-order valence-corrected chi connectivity index (χ2v) is 7.20. The largest absolute Gasteiger partial charge is 0.316 e. The van der Waals surface area contributed by atoms with Crippen molar-refractivity contribution in [2.24, 2.45) is 0 Å². The maximum atomic E-state index is 12.3. The number of rotatable bonds is 8. The molecule has 0 aliphatic rings. The van der Waals surface area contributed by atoms with E-state index in [9.17, 15) is 8.42 Å². The van der Waals surface area contributed by atoms with Gasteiger partial charge in [0.15, 0.2) is 0 Å². The summed E-state index contributed by atoms with van der Waals surface area (Å²) in [5.74, 6) is 0.0279. The Morgan fingerprint density at radius 3 is 2.30 bits per heavy atom. The van der Waals surface area contributed by atoms with Gasteiger partial charge in [-0.15, -0.1) is 0 Å². The van der Waals surface area contributed by atoms with Crippen molar-refractivity contribution in [1.29, 1.82) is 0 Å². The van der Waals surface area contributed by atoms with Gasteiger partial charge in [0.05, 0.1) is 5.75 Å². The molecule has 20 heavy (non-hydrogen) atoms. The van der Waals surface area contributed by atoms with Gasteiger partial charge in [0.1, 0.15) is 0 Å². The fourth-order valence-corrected chi connectivity index (χ4v) is 3.79. The molecule has 0 radical (unpaired) electrons. The monoisotopic (exact) mass is 298 g/mol. The van der Waals surface area contributed by atoms with E-state index in [1.807, 2.05) is 52.1 Å². The molecular weight excluding hydrogens is 272 g/mol. The van der Waals surface area contributed by atoms with Gasteiger partial charge in [-0.25, -0.2) is 13.1 Å². The Bertz CT molecular complexity index is 522. The Morgan fingerprint density at radius 1 is 1.15 bits per heavy atom. The maximum absolute atomic E-state index is 12.3. The van der Waals surface area contributed by atoms with Crippen molar-refractivity contribution in [2.45, 2.75) is 51.4 Å². The van der Waals surface area contributed by atoms with Crippen molar-refractivity contribution in [3.05, 3.63) is 35.4 Å². The molecule has 0 atom stereocenters. The van der Waals surface area contributed by atoms with E-state index in [2.05, 4.69) is 10.0 Å². The summed E-state index contributed by atoms with van der Waals surface area (Å²) in [4.78, 5) is 0. The fourth-order valence-electron chi connectivity index (χ4n) is 2.06. The standard InChI is InChI=1S/C15H26N2O2S/c1-5-15(3,6-2)17-20(18,19)12-14-9-7-8-13(10-14)11-16-4/h7-10,16-17H,5-6,11-12H2,1-4H3. The number of hydrogen-bond acceptors (Lipinski definition) is 3. The number of nitrogens with one attached hydrogen (secondary N) is 2. The minimum atomic E-state index is -3.32. The van der Waals surface area contributed by atoms with E-state index in [1.54, 1.807) is 0 Å². The lowest BCUT2D eigenvalue weighted by atomic mass is 9.98. The molecular formula is C15H26N2O2S. The van der Waals surface area contributed by atoms with Crippen LogP contribution in [-0.4, -0.2) is 21.0 Å². The van der Waals surface area contributed by atoms with E-state index in [1.165, 1.54) is 0 Å². The SMILES string of the molecule is CCC(C)(CC)NS(=O)(=O)Cc1cccc(CNC)c1. The lowest BCUT2D eigenvalue weighted by Gasteiger charge is -2.27. The zero-order valence-corrected chi connectivity index (χ0v) is 13.7. The summed E-state index contributed by atoms with van der Waals surface area (Å²) in [6.45, 7) is 6.68. The predicted molar refractivity (Wildman–Crippen MR) is 84.0 cm³/mol. The molecule has 1 aromatic rings. The molecule has 0 fully saturated rings. The van der Waals surface area contributed by atoms with Crippen LogP contribution < -0.4 is 10.0 Å². The summed E-state index contributed by atoms with van der Waals surface area (Å²) < 4.78 is 27.4. The van der Waals surface area contributed by atoms with Gasteiger partial charge >= 0.3 is 0 Å². The third-order valence-electron chi connectivity index (χ3n) is 3.69. The minimum Gasteiger partial charge on any atom is -0.316 e. The number of sulfonamides is 1. The maximum Gasteiger partial charge on any atom is 0.216 e. The molecule has 0 aromatic heterocycles. The average molecular weight is 298 g/mol. The third-order valence-corrected chi connectivity index (χ3v) is 5.21. The van der Waals surface area contributed by atoms with Crippen molar-refractivity contribution < 1.29 is 8.42 Å². The van der Waals surface area contributed by atoms with Crippen LogP contribution in [0.4, 0.5) is 0 Å². The van der Waals surface area contributed by atoms with Crippen LogP contribution in [0.5, 0.6) is 0 Å². The Labute approximate surface area is 123 Å². The second-order valence-electron chi connectivity index (χ2n) is 5.48. The highest BCUT2D eigenvalue weighted by molar-refractivity contribution is 7.88. The van der Waals surface area contributed by atoms with Crippen LogP contribution in [0.1, 0.15) is 44.7 Å². The molecule has 0 saturated heterocycles. The van der Waals surface area contributed by atoms with Gasteiger partial charge in [0.2, 0.25) is 10.0 Å². The Morgan fingerprint density at radius 2 is 1.75 bits per heavy atom. The van der Waals surface area contributed by atoms with E-state index in [0.717, 1.165) is 30.5 Å². The smallest absolute Gasteiger partial charge is 0.216 e. The molecule has 1 aromatic carbocycles. The molecule has 1 rings (SSSR count). The van der Waals surface area contributed by atoms with Gasteiger partial charge in [-0.1, -0.05) is 38.1 Å². The van der Waals surface area contributed by atoms with Gasteiger partial charge in [0, 0.05) is 12.1 Å². The van der Waals surface area contributed by atoms with E-state index in [-0.39, 0.29) is 11.3 Å². The third kappa shape index (κ3) is 5.23. The van der Waals surface area contributed by atoms with Crippen LogP contribution in [0.2, 0.25) is 0 Å². The van der Waals surface area contributed by atoms with Crippen molar-refractivity contribution in [2.75, 3.05) is 7.05 Å². The molecule has 4 nitrogen and oxygen atoms in total. The van der Waals surface area contributed by atoms with Gasteiger partial charge in [-0.2, -0.15) is 0 Å². The van der Waals surface area contributed by atoms with Crippen LogP contribution in [0.15, 0.2) is 24.3 Å². The Hall–Kier alpha value is -0.910. The second kappa shape index (κ2) is 7.20. The fraction of sp³-hybridized carbons (Fsp3) is 0.600. The molecule has 0 aliphatic carbocycles. The summed E-state index contributed by atoms with van der Waals surface area (Å²) in [7, 11) is -1.44. The first-order valence-electron chi connectivity index (χ1n) is 7.08. The van der Waals surface area contributed by atoms with Gasteiger partial charge in [-0.3, -0.25) is 0 Å². The lowest BCUT2D eigenvalue weighted by Crippen LogP contribution is -2.45. The molecule has 114 valence electrons. The normalized spacial score (nSPS) is 12.6. The summed E-state index contributed by atoms with van der Waals surface area (Å²) >= 11 is 0. The molecule has 0 bridgehead atoms. The molecule has 0 spiro atoms. The van der Waals surface area contributed by atoms with Gasteiger partial charge in [0.25, 0.3) is 0 Å². The van der Waals surface area contributed by atoms with Crippen LogP contribution in [0.3, 0.4) is 0 Å². The first-order chi connectivity index (χ1) is 9.34. The molecule has 0 aliphatic heterocycles. The van der Waals surface area contributed by atoms with Crippen LogP contribution in [0.25, 0.3) is 0 Å². The van der Waals surface area contributed by atoms with Crippen molar-refractivity contribution in [1.82, 2.24) is 10.0 Å². The molecule has 5 heteroatoms. The molecule has 0 saturated carbocycles. The quantitative estimate of drug-likeness (QED) is 0.775. The number of hydrogen-bond donors (Lipinski definition) is 2. The predicted octanol–water partition coefficient (Wildman–Crippen LogP) is 2.40. The zero-order chi connectivity index (χ0) is 15.2. The topological polar surface area (TPSA) is 58.2 Å². The Kier molecular flexibility index (Phi) is 6.17. The molecule has 0 amide bonds. The number of benzene rings is 1. The minimum absolute atomic E-state index is 0.0279. The van der Waals surface area contributed by atoms with Crippen molar-refractivity contribution in [3.63, 3.8) is 0 Å².